The fraction of sp³-hybridized carbons (Fsp3) is 0.577. The van der Waals surface area contributed by atoms with Crippen LogP contribution in [0.1, 0.15) is 68.6 Å². The first kappa shape index (κ1) is 19.8. The van der Waals surface area contributed by atoms with Gasteiger partial charge in [-0.1, -0.05) is 42.9 Å². The lowest BCUT2D eigenvalue weighted by atomic mass is 9.48. The number of allylic oxidation sites excluding steroid dienone is 1. The van der Waals surface area contributed by atoms with Crippen molar-refractivity contribution >= 4 is 22.7 Å². The lowest BCUT2D eigenvalue weighted by Gasteiger charge is -2.57. The van der Waals surface area contributed by atoms with E-state index in [1.807, 2.05) is 24.4 Å². The van der Waals surface area contributed by atoms with Crippen LogP contribution in [0, 0.1) is 23.2 Å². The minimum atomic E-state index is -0.127. The highest BCUT2D eigenvalue weighted by Crippen LogP contribution is 2.64. The van der Waals surface area contributed by atoms with E-state index in [1.54, 1.807) is 23.1 Å². The molecule has 0 saturated heterocycles. The molecule has 2 aromatic heterocycles. The zero-order valence-corrected chi connectivity index (χ0v) is 19.2. The summed E-state index contributed by atoms with van der Waals surface area (Å²) in [5, 5.41) is 11.1. The summed E-state index contributed by atoms with van der Waals surface area (Å²) >= 11 is 1.78. The van der Waals surface area contributed by atoms with Crippen LogP contribution >= 0.6 is 11.3 Å². The number of aliphatic imine (C=N–C) groups is 1. The predicted octanol–water partition coefficient (Wildman–Crippen LogP) is 5.63. The van der Waals surface area contributed by atoms with Crippen molar-refractivity contribution < 1.29 is 5.11 Å². The number of thiazole rings is 1. The predicted molar refractivity (Wildman–Crippen MR) is 125 cm³/mol. The molecule has 31 heavy (non-hydrogen) atoms. The van der Waals surface area contributed by atoms with Gasteiger partial charge < -0.3 is 5.11 Å². The molecule has 3 unspecified atom stereocenters. The summed E-state index contributed by atoms with van der Waals surface area (Å²) < 4.78 is 0. The second-order valence-electron chi connectivity index (χ2n) is 10.6. The Kier molecular flexibility index (Phi) is 4.52. The zero-order valence-electron chi connectivity index (χ0n) is 18.4. The largest absolute Gasteiger partial charge is 0.393 e. The third-order valence-electron chi connectivity index (χ3n) is 9.09. The number of fused-ring (bicyclic) bond motifs is 7. The van der Waals surface area contributed by atoms with Crippen LogP contribution in [0.3, 0.4) is 0 Å². The lowest BCUT2D eigenvalue weighted by Crippen LogP contribution is -2.51. The highest BCUT2D eigenvalue weighted by Gasteiger charge is 2.58. The number of hydrogen-bond donors (Lipinski definition) is 1. The molecule has 2 aromatic rings. The van der Waals surface area contributed by atoms with Gasteiger partial charge in [-0.15, -0.1) is 0 Å². The van der Waals surface area contributed by atoms with E-state index >= 15 is 0 Å². The molecule has 0 aromatic carbocycles. The number of nitrogens with zero attached hydrogens (tertiary/aromatic N) is 3. The van der Waals surface area contributed by atoms with Crippen LogP contribution in [0.25, 0.3) is 0 Å². The number of rotatable bonds is 2. The number of aromatic nitrogens is 2. The molecule has 0 aliphatic heterocycles. The van der Waals surface area contributed by atoms with Crippen molar-refractivity contribution in [2.45, 2.75) is 70.3 Å². The van der Waals surface area contributed by atoms with E-state index in [0.29, 0.717) is 11.3 Å². The van der Waals surface area contributed by atoms with Crippen molar-refractivity contribution in [3.63, 3.8) is 0 Å². The molecule has 162 valence electrons. The summed E-state index contributed by atoms with van der Waals surface area (Å²) in [6.07, 6.45) is 13.9. The molecule has 5 heteroatoms. The van der Waals surface area contributed by atoms with Gasteiger partial charge in [0.1, 0.15) is 0 Å². The molecule has 4 aliphatic rings. The van der Waals surface area contributed by atoms with Crippen molar-refractivity contribution in [2.75, 3.05) is 0 Å². The number of aliphatic hydroxyl groups is 1. The molecule has 0 radical (unpaired) electrons. The molecular formula is C26H31N3OS. The molecule has 4 aliphatic carbocycles. The molecule has 6 atom stereocenters. The number of hydrogen-bond acceptors (Lipinski definition) is 5. The Hall–Kier alpha value is -1.85. The highest BCUT2D eigenvalue weighted by atomic mass is 32.1. The minimum Gasteiger partial charge on any atom is -0.393 e. The summed E-state index contributed by atoms with van der Waals surface area (Å²) in [6.45, 7) is 4.97. The monoisotopic (exact) mass is 433 g/mol. The van der Waals surface area contributed by atoms with Crippen molar-refractivity contribution in [3.05, 3.63) is 52.3 Å². The zero-order chi connectivity index (χ0) is 21.2. The van der Waals surface area contributed by atoms with Crippen LogP contribution < -0.4 is 0 Å². The van der Waals surface area contributed by atoms with Crippen molar-refractivity contribution in [2.24, 2.45) is 28.2 Å². The maximum atomic E-state index is 10.2. The second kappa shape index (κ2) is 7.08. The lowest BCUT2D eigenvalue weighted by molar-refractivity contribution is -0.0169. The van der Waals surface area contributed by atoms with Crippen LogP contribution in [0.15, 0.2) is 41.0 Å². The van der Waals surface area contributed by atoms with Crippen LogP contribution in [-0.4, -0.2) is 27.4 Å². The van der Waals surface area contributed by atoms with Crippen molar-refractivity contribution in [1.82, 2.24) is 9.97 Å². The molecule has 0 spiro atoms. The fourth-order valence-electron chi connectivity index (χ4n) is 7.38. The third kappa shape index (κ3) is 3.00. The smallest absolute Gasteiger partial charge is 0.209 e. The summed E-state index contributed by atoms with van der Waals surface area (Å²) in [7, 11) is 0. The normalized spacial score (nSPS) is 38.9. The number of aliphatic hydroxyl groups excluding tert-OH is 1. The Morgan fingerprint density at radius 3 is 2.84 bits per heavy atom. The van der Waals surface area contributed by atoms with E-state index in [-0.39, 0.29) is 11.5 Å². The van der Waals surface area contributed by atoms with E-state index in [0.717, 1.165) is 48.3 Å². The van der Waals surface area contributed by atoms with Gasteiger partial charge in [0.15, 0.2) is 0 Å². The van der Waals surface area contributed by atoms with Gasteiger partial charge >= 0.3 is 0 Å². The van der Waals surface area contributed by atoms with E-state index in [9.17, 15) is 5.11 Å². The van der Waals surface area contributed by atoms with Crippen LogP contribution in [-0.2, 0) is 11.8 Å². The summed E-state index contributed by atoms with van der Waals surface area (Å²) in [6, 6.07) is 5.88. The maximum Gasteiger partial charge on any atom is 0.209 e. The van der Waals surface area contributed by atoms with Gasteiger partial charge in [-0.25, -0.2) is 9.98 Å². The number of pyridine rings is 1. The quantitative estimate of drug-likeness (QED) is 0.493. The molecule has 4 nitrogen and oxygen atoms in total. The summed E-state index contributed by atoms with van der Waals surface area (Å²) in [5.41, 5.74) is 4.23. The topological polar surface area (TPSA) is 58.4 Å². The minimum absolute atomic E-state index is 0.127. The first-order valence-corrected chi connectivity index (χ1v) is 12.6. The summed E-state index contributed by atoms with van der Waals surface area (Å²) in [5.74, 6) is 2.19. The Morgan fingerprint density at radius 2 is 2.00 bits per heavy atom. The maximum absolute atomic E-state index is 10.2. The molecule has 2 heterocycles. The highest BCUT2D eigenvalue weighted by molar-refractivity contribution is 7.15. The average Bonchev–Trinajstić information content (AvgIpc) is 3.30. The van der Waals surface area contributed by atoms with Crippen molar-refractivity contribution in [1.29, 1.82) is 0 Å². The van der Waals surface area contributed by atoms with E-state index < -0.39 is 0 Å². The van der Waals surface area contributed by atoms with E-state index in [2.05, 4.69) is 29.9 Å². The fourth-order valence-corrected chi connectivity index (χ4v) is 8.49. The Bertz CT molecular complexity index is 1060. The van der Waals surface area contributed by atoms with E-state index in [4.69, 9.17) is 4.98 Å². The molecular weight excluding hydrogens is 402 g/mol. The first-order chi connectivity index (χ1) is 15.0. The molecule has 1 N–H and O–H groups in total. The van der Waals surface area contributed by atoms with Crippen LogP contribution in [0.4, 0.5) is 5.13 Å². The van der Waals surface area contributed by atoms with Gasteiger partial charge in [-0.05, 0) is 80.2 Å². The van der Waals surface area contributed by atoms with Crippen LogP contribution in [0.2, 0.25) is 0 Å². The molecule has 6 rings (SSSR count). The Morgan fingerprint density at radius 1 is 1.13 bits per heavy atom. The molecule has 0 amide bonds. The standard InChI is InChI=1S/C26H31N3OS/c1-25-10-8-18(30)13-16(25)6-7-19-20(25)9-11-26(2)21(19)14-22-23(26)29-24(31-22)28-15-17-5-3-4-12-27-17/h3-6,12,15,18-21,30H,7-11,13-14H2,1-2H3/b28-15+/t18-,19?,20?,21?,25-,26-/m0/s1. The molecule has 0 bridgehead atoms. The van der Waals surface area contributed by atoms with Crippen LogP contribution in [0.5, 0.6) is 0 Å². The SMILES string of the molecule is C[C@]12CC[C@H](O)CC1=CCC1C2CC[C@]2(C)c3nc(/N=C/c4ccccn4)sc3CC12. The van der Waals surface area contributed by atoms with Gasteiger partial charge in [0, 0.05) is 16.5 Å². The molecule has 2 fully saturated rings. The van der Waals surface area contributed by atoms with E-state index in [1.165, 1.54) is 29.8 Å². The third-order valence-corrected chi connectivity index (χ3v) is 10.1. The second-order valence-corrected chi connectivity index (χ2v) is 11.7. The Balaban J connectivity index is 1.28. The molecule has 2 saturated carbocycles. The first-order valence-electron chi connectivity index (χ1n) is 11.8. The van der Waals surface area contributed by atoms with Gasteiger partial charge in [-0.3, -0.25) is 4.98 Å². The van der Waals surface area contributed by atoms with Gasteiger partial charge in [-0.2, -0.15) is 0 Å². The Labute approximate surface area is 188 Å². The van der Waals surface area contributed by atoms with Gasteiger partial charge in [0.05, 0.1) is 23.7 Å². The van der Waals surface area contributed by atoms with Gasteiger partial charge in [0.2, 0.25) is 5.13 Å². The van der Waals surface area contributed by atoms with Gasteiger partial charge in [0.25, 0.3) is 0 Å². The average molecular weight is 434 g/mol. The van der Waals surface area contributed by atoms with Crippen molar-refractivity contribution in [3.8, 4) is 0 Å². The summed E-state index contributed by atoms with van der Waals surface area (Å²) in [4.78, 5) is 15.5.